The first-order valence-electron chi connectivity index (χ1n) is 7.01. The van der Waals surface area contributed by atoms with Gasteiger partial charge < -0.3 is 10.6 Å². The fraction of sp³-hybridized carbons (Fsp3) is 0.667. The van der Waals surface area contributed by atoms with Crippen molar-refractivity contribution in [3.63, 3.8) is 0 Å². The lowest BCUT2D eigenvalue weighted by molar-refractivity contribution is 0.471. The summed E-state index contributed by atoms with van der Waals surface area (Å²) in [7, 11) is 2.00. The zero-order chi connectivity index (χ0) is 14.2. The van der Waals surface area contributed by atoms with Crippen molar-refractivity contribution in [1.29, 1.82) is 0 Å². The summed E-state index contributed by atoms with van der Waals surface area (Å²) >= 11 is 0. The molecule has 0 saturated heterocycles. The Kier molecular flexibility index (Phi) is 3.72. The minimum absolute atomic E-state index is 0.283. The minimum Gasteiger partial charge on any atom is -0.353 e. The first kappa shape index (κ1) is 14.1. The Hall–Kier alpha value is -1.29. The molecule has 0 aromatic carbocycles. The predicted octanol–water partition coefficient (Wildman–Crippen LogP) is 2.37. The van der Waals surface area contributed by atoms with E-state index in [0.29, 0.717) is 6.54 Å². The quantitative estimate of drug-likeness (QED) is 0.832. The molecule has 0 fully saturated rings. The van der Waals surface area contributed by atoms with Gasteiger partial charge in [-0.1, -0.05) is 32.4 Å². The third-order valence-electron chi connectivity index (χ3n) is 3.99. The van der Waals surface area contributed by atoms with E-state index in [2.05, 4.69) is 36.8 Å². The summed E-state index contributed by atoms with van der Waals surface area (Å²) in [4.78, 5) is 2.39. The standard InChI is InChI=1S/C15H26N4/c1-11-13(10-16)14(18(5)17-11)19-8-6-12(7-9-19)15(2,3)4/h6H,7-10,16H2,1-5H3. The van der Waals surface area contributed by atoms with E-state index in [0.717, 1.165) is 25.2 Å². The molecule has 4 heteroatoms. The summed E-state index contributed by atoms with van der Waals surface area (Å²) in [5.41, 5.74) is 9.93. The van der Waals surface area contributed by atoms with Crippen molar-refractivity contribution in [3.05, 3.63) is 22.9 Å². The van der Waals surface area contributed by atoms with Gasteiger partial charge in [-0.3, -0.25) is 4.68 Å². The van der Waals surface area contributed by atoms with E-state index >= 15 is 0 Å². The molecule has 1 aliphatic heterocycles. The summed E-state index contributed by atoms with van der Waals surface area (Å²) < 4.78 is 1.97. The molecule has 0 atom stereocenters. The number of aryl methyl sites for hydroxylation is 2. The topological polar surface area (TPSA) is 47.1 Å². The molecule has 0 unspecified atom stereocenters. The second kappa shape index (κ2) is 5.00. The maximum absolute atomic E-state index is 5.87. The molecule has 19 heavy (non-hydrogen) atoms. The van der Waals surface area contributed by atoms with E-state index in [-0.39, 0.29) is 5.41 Å². The smallest absolute Gasteiger partial charge is 0.131 e. The van der Waals surface area contributed by atoms with Crippen LogP contribution in [0.1, 0.15) is 38.4 Å². The van der Waals surface area contributed by atoms with E-state index in [1.165, 1.54) is 11.4 Å². The van der Waals surface area contributed by atoms with Gasteiger partial charge in [-0.05, 0) is 18.8 Å². The van der Waals surface area contributed by atoms with Gasteiger partial charge in [0.25, 0.3) is 0 Å². The monoisotopic (exact) mass is 262 g/mol. The minimum atomic E-state index is 0.283. The van der Waals surface area contributed by atoms with Crippen LogP contribution < -0.4 is 10.6 Å². The van der Waals surface area contributed by atoms with E-state index in [9.17, 15) is 0 Å². The zero-order valence-corrected chi connectivity index (χ0v) is 12.8. The molecule has 2 heterocycles. The molecule has 0 aliphatic carbocycles. The van der Waals surface area contributed by atoms with Crippen LogP contribution in [0.4, 0.5) is 5.82 Å². The molecule has 0 saturated carbocycles. The first-order chi connectivity index (χ1) is 8.84. The molecule has 1 aliphatic rings. The molecule has 0 radical (unpaired) electrons. The van der Waals surface area contributed by atoms with Crippen LogP contribution >= 0.6 is 0 Å². The Balaban J connectivity index is 2.25. The Labute approximate surface area is 116 Å². The maximum Gasteiger partial charge on any atom is 0.131 e. The van der Waals surface area contributed by atoms with Gasteiger partial charge in [0.2, 0.25) is 0 Å². The summed E-state index contributed by atoms with van der Waals surface area (Å²) in [6, 6.07) is 0. The van der Waals surface area contributed by atoms with Crippen LogP contribution in [0.3, 0.4) is 0 Å². The third-order valence-corrected chi connectivity index (χ3v) is 3.99. The number of hydrogen-bond donors (Lipinski definition) is 1. The summed E-state index contributed by atoms with van der Waals surface area (Å²) in [6.45, 7) is 11.5. The lowest BCUT2D eigenvalue weighted by Gasteiger charge is -2.33. The molecule has 1 aromatic rings. The Bertz CT molecular complexity index is 491. The van der Waals surface area contributed by atoms with E-state index in [1.54, 1.807) is 5.57 Å². The Morgan fingerprint density at radius 3 is 2.53 bits per heavy atom. The normalized spacial score (nSPS) is 16.7. The van der Waals surface area contributed by atoms with Crippen LogP contribution in [0.25, 0.3) is 0 Å². The average Bonchev–Trinajstić information content (AvgIpc) is 2.62. The van der Waals surface area contributed by atoms with E-state index < -0.39 is 0 Å². The molecule has 1 aromatic heterocycles. The van der Waals surface area contributed by atoms with Crippen LogP contribution in [0.2, 0.25) is 0 Å². The average molecular weight is 262 g/mol. The number of aromatic nitrogens is 2. The molecular weight excluding hydrogens is 236 g/mol. The van der Waals surface area contributed by atoms with Gasteiger partial charge in [0.15, 0.2) is 0 Å². The number of nitrogens with zero attached hydrogens (tertiary/aromatic N) is 3. The van der Waals surface area contributed by atoms with Gasteiger partial charge in [-0.15, -0.1) is 0 Å². The molecule has 2 N–H and O–H groups in total. The summed E-state index contributed by atoms with van der Waals surface area (Å²) in [5.74, 6) is 1.18. The molecular formula is C15H26N4. The van der Waals surface area contributed by atoms with Crippen LogP contribution in [-0.2, 0) is 13.6 Å². The van der Waals surface area contributed by atoms with Crippen molar-refractivity contribution in [2.75, 3.05) is 18.0 Å². The molecule has 0 spiro atoms. The molecule has 4 nitrogen and oxygen atoms in total. The van der Waals surface area contributed by atoms with Crippen LogP contribution in [0, 0.1) is 12.3 Å². The molecule has 106 valence electrons. The fourth-order valence-electron chi connectivity index (χ4n) is 2.87. The lowest BCUT2D eigenvalue weighted by Crippen LogP contribution is -2.33. The first-order valence-corrected chi connectivity index (χ1v) is 7.01. The maximum atomic E-state index is 5.87. The van der Waals surface area contributed by atoms with Gasteiger partial charge >= 0.3 is 0 Å². The highest BCUT2D eigenvalue weighted by atomic mass is 15.4. The van der Waals surface area contributed by atoms with Crippen LogP contribution in [-0.4, -0.2) is 22.9 Å². The Morgan fingerprint density at radius 2 is 2.05 bits per heavy atom. The van der Waals surface area contributed by atoms with Crippen molar-refractivity contribution in [1.82, 2.24) is 9.78 Å². The van der Waals surface area contributed by atoms with Gasteiger partial charge in [-0.25, -0.2) is 0 Å². The second-order valence-electron chi connectivity index (χ2n) is 6.39. The summed E-state index contributed by atoms with van der Waals surface area (Å²) in [5, 5.41) is 4.50. The number of rotatable bonds is 2. The molecule has 0 amide bonds. The van der Waals surface area contributed by atoms with Crippen LogP contribution in [0.5, 0.6) is 0 Å². The second-order valence-corrected chi connectivity index (χ2v) is 6.39. The van der Waals surface area contributed by atoms with Crippen molar-refractivity contribution < 1.29 is 0 Å². The van der Waals surface area contributed by atoms with Crippen molar-refractivity contribution in [2.24, 2.45) is 18.2 Å². The predicted molar refractivity (Wildman–Crippen MR) is 80.2 cm³/mol. The van der Waals surface area contributed by atoms with Crippen LogP contribution in [0.15, 0.2) is 11.6 Å². The van der Waals surface area contributed by atoms with Gasteiger partial charge in [0.05, 0.1) is 5.69 Å². The largest absolute Gasteiger partial charge is 0.353 e. The SMILES string of the molecule is Cc1nn(C)c(N2CC=C(C(C)(C)C)CC2)c1CN. The van der Waals surface area contributed by atoms with E-state index in [1.807, 2.05) is 18.7 Å². The summed E-state index contributed by atoms with van der Waals surface area (Å²) in [6.07, 6.45) is 3.49. The highest BCUT2D eigenvalue weighted by molar-refractivity contribution is 5.51. The van der Waals surface area contributed by atoms with Gasteiger partial charge in [0, 0.05) is 32.2 Å². The van der Waals surface area contributed by atoms with E-state index in [4.69, 9.17) is 5.73 Å². The Morgan fingerprint density at radius 1 is 1.37 bits per heavy atom. The van der Waals surface area contributed by atoms with Crippen molar-refractivity contribution >= 4 is 5.82 Å². The third kappa shape index (κ3) is 2.68. The molecule has 2 rings (SSSR count). The van der Waals surface area contributed by atoms with Gasteiger partial charge in [-0.2, -0.15) is 5.10 Å². The highest BCUT2D eigenvalue weighted by Crippen LogP contribution is 2.32. The van der Waals surface area contributed by atoms with Crippen molar-refractivity contribution in [3.8, 4) is 0 Å². The number of nitrogens with two attached hydrogens (primary N) is 1. The molecule has 0 bridgehead atoms. The zero-order valence-electron chi connectivity index (χ0n) is 12.8. The number of hydrogen-bond acceptors (Lipinski definition) is 3. The van der Waals surface area contributed by atoms with Crippen molar-refractivity contribution in [2.45, 2.75) is 40.7 Å². The number of anilines is 1. The highest BCUT2D eigenvalue weighted by Gasteiger charge is 2.24. The van der Waals surface area contributed by atoms with Gasteiger partial charge in [0.1, 0.15) is 5.82 Å². The lowest BCUT2D eigenvalue weighted by atomic mass is 9.83. The fourth-order valence-corrected chi connectivity index (χ4v) is 2.87.